The van der Waals surface area contributed by atoms with E-state index in [-0.39, 0.29) is 11.8 Å². The molecule has 0 atom stereocenters. The van der Waals surface area contributed by atoms with Crippen LogP contribution in [-0.4, -0.2) is 43.9 Å². The summed E-state index contributed by atoms with van der Waals surface area (Å²) >= 11 is 0. The van der Waals surface area contributed by atoms with Crippen LogP contribution in [0.25, 0.3) is 0 Å². The van der Waals surface area contributed by atoms with Gasteiger partial charge in [0, 0.05) is 24.2 Å². The highest BCUT2D eigenvalue weighted by Gasteiger charge is 2.14. The van der Waals surface area contributed by atoms with Gasteiger partial charge in [-0.05, 0) is 63.7 Å². The Morgan fingerprint density at radius 1 is 1.33 bits per heavy atom. The topological polar surface area (TPSA) is 61.4 Å². The first-order valence-electron chi connectivity index (χ1n) is 7.42. The predicted molar refractivity (Wildman–Crippen MR) is 83.5 cm³/mol. The molecule has 0 aromatic heterocycles. The molecular weight excluding hydrogens is 266 g/mol. The first kappa shape index (κ1) is 15.5. The minimum atomic E-state index is -0.0490. The van der Waals surface area contributed by atoms with Gasteiger partial charge in [0.05, 0.1) is 0 Å². The molecule has 0 saturated heterocycles. The van der Waals surface area contributed by atoms with Gasteiger partial charge in [0.25, 0.3) is 5.91 Å². The lowest BCUT2D eigenvalue weighted by Gasteiger charge is -2.11. The second kappa shape index (κ2) is 7.22. The molecule has 21 heavy (non-hydrogen) atoms. The van der Waals surface area contributed by atoms with Gasteiger partial charge in [-0.3, -0.25) is 9.59 Å². The van der Waals surface area contributed by atoms with Crippen molar-refractivity contribution in [2.75, 3.05) is 32.5 Å². The summed E-state index contributed by atoms with van der Waals surface area (Å²) in [4.78, 5) is 25.7. The minimum absolute atomic E-state index is 0.0490. The highest BCUT2D eigenvalue weighted by atomic mass is 16.2. The fraction of sp³-hybridized carbons (Fsp3) is 0.500. The number of amides is 2. The van der Waals surface area contributed by atoms with Crippen molar-refractivity contribution in [1.82, 2.24) is 10.2 Å². The van der Waals surface area contributed by atoms with Crippen LogP contribution in [0.2, 0.25) is 0 Å². The Morgan fingerprint density at radius 2 is 2.14 bits per heavy atom. The van der Waals surface area contributed by atoms with E-state index in [2.05, 4.69) is 15.5 Å². The molecule has 5 heteroatoms. The van der Waals surface area contributed by atoms with Gasteiger partial charge >= 0.3 is 0 Å². The zero-order valence-corrected chi connectivity index (χ0v) is 12.7. The van der Waals surface area contributed by atoms with Crippen molar-refractivity contribution < 1.29 is 9.59 Å². The second-order valence-electron chi connectivity index (χ2n) is 5.69. The number of anilines is 1. The maximum Gasteiger partial charge on any atom is 0.251 e. The van der Waals surface area contributed by atoms with Gasteiger partial charge in [0.15, 0.2) is 0 Å². The summed E-state index contributed by atoms with van der Waals surface area (Å²) in [5.41, 5.74) is 2.54. The van der Waals surface area contributed by atoms with E-state index in [1.54, 1.807) is 6.07 Å². The molecule has 1 aromatic rings. The van der Waals surface area contributed by atoms with E-state index >= 15 is 0 Å². The number of nitrogens with one attached hydrogen (secondary N) is 2. The number of carbonyl (C=O) groups is 2. The van der Waals surface area contributed by atoms with Gasteiger partial charge in [-0.25, -0.2) is 0 Å². The molecule has 0 bridgehead atoms. The number of rotatable bonds is 5. The normalized spacial score (nSPS) is 14.3. The molecule has 0 spiro atoms. The van der Waals surface area contributed by atoms with Crippen molar-refractivity contribution >= 4 is 17.5 Å². The van der Waals surface area contributed by atoms with E-state index in [9.17, 15) is 9.59 Å². The third-order valence-corrected chi connectivity index (χ3v) is 3.56. The van der Waals surface area contributed by atoms with Crippen LogP contribution in [0, 0.1) is 0 Å². The number of hydrogen-bond donors (Lipinski definition) is 2. The molecule has 0 aliphatic carbocycles. The lowest BCUT2D eigenvalue weighted by Crippen LogP contribution is -2.27. The first-order chi connectivity index (χ1) is 10.1. The summed E-state index contributed by atoms with van der Waals surface area (Å²) in [6, 6.07) is 5.49. The number of nitrogens with zero attached hydrogens (tertiary/aromatic N) is 1. The van der Waals surface area contributed by atoms with E-state index in [0.717, 1.165) is 37.1 Å². The van der Waals surface area contributed by atoms with Crippen molar-refractivity contribution in [1.29, 1.82) is 0 Å². The molecule has 2 amide bonds. The Morgan fingerprint density at radius 3 is 2.90 bits per heavy atom. The van der Waals surface area contributed by atoms with Gasteiger partial charge in [-0.15, -0.1) is 0 Å². The lowest BCUT2D eigenvalue weighted by molar-refractivity contribution is -0.116. The summed E-state index contributed by atoms with van der Waals surface area (Å²) < 4.78 is 0. The van der Waals surface area contributed by atoms with Crippen molar-refractivity contribution in [2.45, 2.75) is 25.7 Å². The van der Waals surface area contributed by atoms with Crippen molar-refractivity contribution in [3.05, 3.63) is 29.3 Å². The average molecular weight is 289 g/mol. The number of fused-ring (bicyclic) bond motifs is 1. The summed E-state index contributed by atoms with van der Waals surface area (Å²) in [6.07, 6.45) is 3.13. The van der Waals surface area contributed by atoms with Gasteiger partial charge in [0.1, 0.15) is 0 Å². The molecule has 1 heterocycles. The van der Waals surface area contributed by atoms with Crippen LogP contribution in [-0.2, 0) is 11.2 Å². The summed E-state index contributed by atoms with van der Waals surface area (Å²) in [7, 11) is 4.03. The zero-order chi connectivity index (χ0) is 15.2. The van der Waals surface area contributed by atoms with Gasteiger partial charge in [-0.2, -0.15) is 0 Å². The number of benzene rings is 1. The van der Waals surface area contributed by atoms with E-state index in [1.807, 2.05) is 26.2 Å². The largest absolute Gasteiger partial charge is 0.352 e. The smallest absolute Gasteiger partial charge is 0.251 e. The fourth-order valence-corrected chi connectivity index (χ4v) is 2.42. The number of aryl methyl sites for hydroxylation is 1. The molecule has 5 nitrogen and oxygen atoms in total. The van der Waals surface area contributed by atoms with Crippen LogP contribution < -0.4 is 10.6 Å². The summed E-state index contributed by atoms with van der Waals surface area (Å²) in [6.45, 7) is 1.63. The maximum atomic E-state index is 12.1. The van der Waals surface area contributed by atoms with E-state index in [4.69, 9.17) is 0 Å². The molecule has 1 aromatic carbocycles. The van der Waals surface area contributed by atoms with Crippen LogP contribution in [0.1, 0.15) is 35.2 Å². The van der Waals surface area contributed by atoms with Crippen LogP contribution in [0.3, 0.4) is 0 Å². The summed E-state index contributed by atoms with van der Waals surface area (Å²) in [5.74, 6) is 0.00164. The molecule has 2 rings (SSSR count). The second-order valence-corrected chi connectivity index (χ2v) is 5.69. The Kier molecular flexibility index (Phi) is 5.33. The quantitative estimate of drug-likeness (QED) is 0.810. The molecule has 114 valence electrons. The molecule has 1 aliphatic heterocycles. The highest BCUT2D eigenvalue weighted by Crippen LogP contribution is 2.23. The summed E-state index contributed by atoms with van der Waals surface area (Å²) in [5, 5.41) is 5.81. The van der Waals surface area contributed by atoms with Crippen molar-refractivity contribution in [3.63, 3.8) is 0 Å². The first-order valence-corrected chi connectivity index (χ1v) is 7.42. The number of hydrogen-bond acceptors (Lipinski definition) is 3. The number of carbonyl (C=O) groups excluding carboxylic acids is 2. The molecule has 0 saturated carbocycles. The van der Waals surface area contributed by atoms with Crippen LogP contribution in [0.5, 0.6) is 0 Å². The Hall–Kier alpha value is -1.88. The van der Waals surface area contributed by atoms with Crippen molar-refractivity contribution in [3.8, 4) is 0 Å². The SMILES string of the molecule is CN(C)CCCNC(=O)c1ccc2c(c1)CCCC(=O)N2. The molecular formula is C16H23N3O2. The zero-order valence-electron chi connectivity index (χ0n) is 12.7. The van der Waals surface area contributed by atoms with Crippen LogP contribution >= 0.6 is 0 Å². The Balaban J connectivity index is 1.96. The minimum Gasteiger partial charge on any atom is -0.352 e. The van der Waals surface area contributed by atoms with E-state index in [1.165, 1.54) is 0 Å². The van der Waals surface area contributed by atoms with Crippen LogP contribution in [0.4, 0.5) is 5.69 Å². The fourth-order valence-electron chi connectivity index (χ4n) is 2.42. The Labute approximate surface area is 125 Å². The third-order valence-electron chi connectivity index (χ3n) is 3.56. The third kappa shape index (κ3) is 4.56. The molecule has 0 unspecified atom stereocenters. The van der Waals surface area contributed by atoms with E-state index < -0.39 is 0 Å². The Bertz CT molecular complexity index is 526. The molecule has 0 radical (unpaired) electrons. The maximum absolute atomic E-state index is 12.1. The van der Waals surface area contributed by atoms with Gasteiger partial charge in [0.2, 0.25) is 5.91 Å². The average Bonchev–Trinajstić information content (AvgIpc) is 2.62. The van der Waals surface area contributed by atoms with Gasteiger partial charge < -0.3 is 15.5 Å². The predicted octanol–water partition coefficient (Wildman–Crippen LogP) is 1.64. The van der Waals surface area contributed by atoms with E-state index in [0.29, 0.717) is 18.5 Å². The molecule has 2 N–H and O–H groups in total. The van der Waals surface area contributed by atoms with Crippen LogP contribution in [0.15, 0.2) is 18.2 Å². The van der Waals surface area contributed by atoms with Gasteiger partial charge in [-0.1, -0.05) is 0 Å². The standard InChI is InChI=1S/C16H23N3O2/c1-19(2)10-4-9-17-16(21)13-7-8-14-12(11-13)5-3-6-15(20)18-14/h7-8,11H,3-6,9-10H2,1-2H3,(H,17,21)(H,18,20). The monoisotopic (exact) mass is 289 g/mol. The highest BCUT2D eigenvalue weighted by molar-refractivity contribution is 5.97. The molecule has 1 aliphatic rings. The van der Waals surface area contributed by atoms with Crippen molar-refractivity contribution in [2.24, 2.45) is 0 Å². The lowest BCUT2D eigenvalue weighted by atomic mass is 10.0. The molecule has 0 fully saturated rings.